The second-order valence-corrected chi connectivity index (χ2v) is 3.38. The Bertz CT molecular complexity index is 409. The van der Waals surface area contributed by atoms with Crippen LogP contribution >= 0.6 is 11.8 Å². The summed E-state index contributed by atoms with van der Waals surface area (Å²) in [6.07, 6.45) is 1.05. The number of carbonyl (C=O) groups is 2. The summed E-state index contributed by atoms with van der Waals surface area (Å²) in [5.41, 5.74) is 5.14. The first-order chi connectivity index (χ1) is 7.00. The molecule has 0 saturated carbocycles. The molecule has 1 rings (SSSR count). The number of aliphatic carboxylic acids is 1. The van der Waals surface area contributed by atoms with Crippen molar-refractivity contribution >= 4 is 29.5 Å². The Morgan fingerprint density at radius 3 is 2.60 bits per heavy atom. The van der Waals surface area contributed by atoms with E-state index >= 15 is 0 Å². The van der Waals surface area contributed by atoms with Crippen molar-refractivity contribution in [1.29, 1.82) is 0 Å². The van der Waals surface area contributed by atoms with Crippen LogP contribution in [0.2, 0.25) is 0 Å². The number of aromatic carboxylic acids is 1. The molecular formula is C7H7N3O4S. The quantitative estimate of drug-likeness (QED) is 0.483. The molecule has 0 aliphatic heterocycles. The highest BCUT2D eigenvalue weighted by Gasteiger charge is 2.11. The summed E-state index contributed by atoms with van der Waals surface area (Å²) in [6.45, 7) is 0. The molecule has 0 fully saturated rings. The zero-order chi connectivity index (χ0) is 11.4. The van der Waals surface area contributed by atoms with Crippen LogP contribution in [0.3, 0.4) is 0 Å². The van der Waals surface area contributed by atoms with Crippen molar-refractivity contribution < 1.29 is 19.8 Å². The van der Waals surface area contributed by atoms with E-state index in [2.05, 4.69) is 9.97 Å². The number of carboxylic acid groups (broad SMARTS) is 2. The van der Waals surface area contributed by atoms with Crippen molar-refractivity contribution in [1.82, 2.24) is 9.97 Å². The third-order valence-electron chi connectivity index (χ3n) is 1.35. The molecule has 0 aliphatic carbocycles. The molecule has 0 aliphatic rings. The largest absolute Gasteiger partial charge is 0.481 e. The van der Waals surface area contributed by atoms with Crippen molar-refractivity contribution in [2.45, 2.75) is 5.16 Å². The highest BCUT2D eigenvalue weighted by atomic mass is 32.2. The molecule has 8 heteroatoms. The maximum atomic E-state index is 10.5. The van der Waals surface area contributed by atoms with E-state index in [0.29, 0.717) is 0 Å². The summed E-state index contributed by atoms with van der Waals surface area (Å²) >= 11 is 0.868. The Kier molecular flexibility index (Phi) is 3.45. The van der Waals surface area contributed by atoms with Crippen LogP contribution in [0.25, 0.3) is 0 Å². The summed E-state index contributed by atoms with van der Waals surface area (Å²) in [5, 5.41) is 17.1. The highest BCUT2D eigenvalue weighted by molar-refractivity contribution is 7.99. The van der Waals surface area contributed by atoms with Crippen molar-refractivity contribution in [2.75, 3.05) is 11.5 Å². The van der Waals surface area contributed by atoms with E-state index in [1.54, 1.807) is 0 Å². The molecule has 0 radical (unpaired) electrons. The number of nitrogens with two attached hydrogens (primary N) is 1. The minimum Gasteiger partial charge on any atom is -0.481 e. The SMILES string of the molecule is Nc1nc(SCC(=O)O)ncc1C(=O)O. The van der Waals surface area contributed by atoms with Crippen LogP contribution in [-0.4, -0.2) is 37.9 Å². The summed E-state index contributed by atoms with van der Waals surface area (Å²) in [6, 6.07) is 0. The van der Waals surface area contributed by atoms with E-state index in [0.717, 1.165) is 18.0 Å². The van der Waals surface area contributed by atoms with Gasteiger partial charge in [-0.3, -0.25) is 4.79 Å². The van der Waals surface area contributed by atoms with E-state index in [-0.39, 0.29) is 22.3 Å². The fourth-order valence-corrected chi connectivity index (χ4v) is 1.28. The van der Waals surface area contributed by atoms with Gasteiger partial charge in [0.05, 0.1) is 5.75 Å². The van der Waals surface area contributed by atoms with Crippen molar-refractivity contribution in [3.05, 3.63) is 11.8 Å². The van der Waals surface area contributed by atoms with Crippen molar-refractivity contribution in [2.24, 2.45) is 0 Å². The van der Waals surface area contributed by atoms with Gasteiger partial charge in [-0.05, 0) is 0 Å². The topological polar surface area (TPSA) is 126 Å². The molecule has 0 atom stereocenters. The number of carboxylic acids is 2. The van der Waals surface area contributed by atoms with Gasteiger partial charge in [-0.1, -0.05) is 11.8 Å². The van der Waals surface area contributed by atoms with Gasteiger partial charge in [0.15, 0.2) is 5.16 Å². The van der Waals surface area contributed by atoms with Crippen molar-refractivity contribution in [3.63, 3.8) is 0 Å². The summed E-state index contributed by atoms with van der Waals surface area (Å²) < 4.78 is 0. The fraction of sp³-hybridized carbons (Fsp3) is 0.143. The highest BCUT2D eigenvalue weighted by Crippen LogP contribution is 2.15. The molecule has 4 N–H and O–H groups in total. The van der Waals surface area contributed by atoms with E-state index in [4.69, 9.17) is 15.9 Å². The van der Waals surface area contributed by atoms with Crippen LogP contribution in [-0.2, 0) is 4.79 Å². The molecule has 0 amide bonds. The molecule has 1 aromatic rings. The maximum absolute atomic E-state index is 10.5. The average Bonchev–Trinajstić information content (AvgIpc) is 2.14. The first-order valence-electron chi connectivity index (χ1n) is 3.71. The Labute approximate surface area is 88.3 Å². The van der Waals surface area contributed by atoms with Crippen LogP contribution in [0, 0.1) is 0 Å². The van der Waals surface area contributed by atoms with Gasteiger partial charge in [0.2, 0.25) is 0 Å². The third-order valence-corrected chi connectivity index (χ3v) is 2.20. The van der Waals surface area contributed by atoms with E-state index < -0.39 is 11.9 Å². The summed E-state index contributed by atoms with van der Waals surface area (Å²) in [7, 11) is 0. The van der Waals surface area contributed by atoms with E-state index in [1.165, 1.54) is 0 Å². The second-order valence-electron chi connectivity index (χ2n) is 2.44. The second kappa shape index (κ2) is 4.60. The van der Waals surface area contributed by atoms with Gasteiger partial charge in [-0.2, -0.15) is 0 Å². The molecule has 80 valence electrons. The number of nitrogens with zero attached hydrogens (tertiary/aromatic N) is 2. The maximum Gasteiger partial charge on any atom is 0.341 e. The predicted octanol–water partition coefficient (Wildman–Crippen LogP) is -0.0663. The number of aromatic nitrogens is 2. The zero-order valence-electron chi connectivity index (χ0n) is 7.38. The van der Waals surface area contributed by atoms with Gasteiger partial charge in [-0.25, -0.2) is 14.8 Å². The van der Waals surface area contributed by atoms with Gasteiger partial charge in [0.25, 0.3) is 0 Å². The number of anilines is 1. The number of thioether (sulfide) groups is 1. The van der Waals surface area contributed by atoms with Crippen LogP contribution in [0.4, 0.5) is 5.82 Å². The zero-order valence-corrected chi connectivity index (χ0v) is 8.19. The average molecular weight is 229 g/mol. The van der Waals surface area contributed by atoms with Crippen LogP contribution in [0.5, 0.6) is 0 Å². The van der Waals surface area contributed by atoms with E-state index in [1.807, 2.05) is 0 Å². The van der Waals surface area contributed by atoms with Crippen LogP contribution in [0.1, 0.15) is 10.4 Å². The summed E-state index contributed by atoms with van der Waals surface area (Å²) in [4.78, 5) is 28.1. The Morgan fingerprint density at radius 1 is 1.47 bits per heavy atom. The molecule has 7 nitrogen and oxygen atoms in total. The van der Waals surface area contributed by atoms with Gasteiger partial charge in [0.1, 0.15) is 11.4 Å². The van der Waals surface area contributed by atoms with Gasteiger partial charge in [-0.15, -0.1) is 0 Å². The number of hydrogen-bond donors (Lipinski definition) is 3. The lowest BCUT2D eigenvalue weighted by molar-refractivity contribution is -0.133. The molecule has 1 aromatic heterocycles. The number of nitrogen functional groups attached to an aromatic ring is 1. The van der Waals surface area contributed by atoms with Gasteiger partial charge in [0, 0.05) is 6.20 Å². The molecular weight excluding hydrogens is 222 g/mol. The lowest BCUT2D eigenvalue weighted by Crippen LogP contribution is -2.07. The first-order valence-corrected chi connectivity index (χ1v) is 4.69. The monoisotopic (exact) mass is 229 g/mol. The normalized spacial score (nSPS) is 9.87. The molecule has 0 saturated heterocycles. The molecule has 0 bridgehead atoms. The van der Waals surface area contributed by atoms with Crippen molar-refractivity contribution in [3.8, 4) is 0 Å². The smallest absolute Gasteiger partial charge is 0.341 e. The van der Waals surface area contributed by atoms with Crippen LogP contribution < -0.4 is 5.73 Å². The Morgan fingerprint density at radius 2 is 2.13 bits per heavy atom. The molecule has 0 aromatic carbocycles. The van der Waals surface area contributed by atoms with E-state index in [9.17, 15) is 9.59 Å². The predicted molar refractivity (Wildman–Crippen MR) is 51.8 cm³/mol. The Balaban J connectivity index is 2.82. The molecule has 15 heavy (non-hydrogen) atoms. The number of rotatable bonds is 4. The molecule has 1 heterocycles. The molecule has 0 unspecified atom stereocenters. The fourth-order valence-electron chi connectivity index (χ4n) is 0.739. The number of hydrogen-bond acceptors (Lipinski definition) is 6. The first kappa shape index (κ1) is 11.2. The summed E-state index contributed by atoms with van der Waals surface area (Å²) in [5.74, 6) is -2.61. The molecule has 0 spiro atoms. The standard InChI is InChI=1S/C7H7N3O4S/c8-5-3(6(13)14)1-9-7(10-5)15-2-4(11)12/h1H,2H2,(H,11,12)(H,13,14)(H2,8,9,10). The van der Waals surface area contributed by atoms with Gasteiger partial charge < -0.3 is 15.9 Å². The van der Waals surface area contributed by atoms with Crippen LogP contribution in [0.15, 0.2) is 11.4 Å². The van der Waals surface area contributed by atoms with Gasteiger partial charge >= 0.3 is 11.9 Å². The Hall–Kier alpha value is -1.83. The minimum absolute atomic E-state index is 0.139. The third kappa shape index (κ3) is 3.09. The minimum atomic E-state index is -1.22. The lowest BCUT2D eigenvalue weighted by atomic mass is 10.3. The lowest BCUT2D eigenvalue weighted by Gasteiger charge is -2.01.